The van der Waals surface area contributed by atoms with Gasteiger partial charge in [-0.25, -0.2) is 4.68 Å². The number of benzene rings is 1. The molecule has 0 saturated carbocycles. The first-order chi connectivity index (χ1) is 8.88. The number of aryl methyl sites for hydroxylation is 1. The minimum Gasteiger partial charge on any atom is -0.378 e. The van der Waals surface area contributed by atoms with Crippen LogP contribution >= 0.6 is 23.2 Å². The number of hydrogen-bond acceptors (Lipinski definition) is 4. The molecule has 0 atom stereocenters. The Labute approximate surface area is 118 Å². The summed E-state index contributed by atoms with van der Waals surface area (Å²) in [6.45, 7) is 1.80. The van der Waals surface area contributed by atoms with Crippen LogP contribution in [0.2, 0.25) is 10.0 Å². The van der Waals surface area contributed by atoms with Crippen molar-refractivity contribution in [3.05, 3.63) is 49.6 Å². The molecule has 0 bridgehead atoms. The van der Waals surface area contributed by atoms with E-state index < -0.39 is 4.92 Å². The highest BCUT2D eigenvalue weighted by Gasteiger charge is 2.22. The first-order valence-electron chi connectivity index (χ1n) is 5.30. The number of nitrogens with zero attached hydrogens (tertiary/aromatic N) is 3. The average molecular weight is 301 g/mol. The van der Waals surface area contributed by atoms with E-state index in [0.29, 0.717) is 10.0 Å². The lowest BCUT2D eigenvalue weighted by Gasteiger charge is -2.05. The number of anilines is 1. The van der Waals surface area contributed by atoms with Crippen molar-refractivity contribution in [3.8, 4) is 0 Å². The van der Waals surface area contributed by atoms with E-state index in [9.17, 15) is 10.1 Å². The Hall–Kier alpha value is -1.79. The fourth-order valence-electron chi connectivity index (χ4n) is 1.81. The second-order valence-electron chi connectivity index (χ2n) is 4.01. The Bertz CT molecular complexity index is 634. The summed E-state index contributed by atoms with van der Waals surface area (Å²) in [5.41, 5.74) is 6.59. The molecule has 0 radical (unpaired) electrons. The highest BCUT2D eigenvalue weighted by molar-refractivity contribution is 6.34. The van der Waals surface area contributed by atoms with Crippen molar-refractivity contribution in [2.45, 2.75) is 13.5 Å². The first-order valence-corrected chi connectivity index (χ1v) is 6.06. The topological polar surface area (TPSA) is 87.0 Å². The van der Waals surface area contributed by atoms with Crippen LogP contribution < -0.4 is 5.73 Å². The highest BCUT2D eigenvalue weighted by Crippen LogP contribution is 2.26. The van der Waals surface area contributed by atoms with E-state index in [1.807, 2.05) is 0 Å². The molecule has 0 saturated heterocycles. The van der Waals surface area contributed by atoms with Crippen LogP contribution in [0.5, 0.6) is 0 Å². The molecular formula is C11H10Cl2N4O2. The summed E-state index contributed by atoms with van der Waals surface area (Å²) in [6, 6.07) is 5.01. The van der Waals surface area contributed by atoms with Gasteiger partial charge in [-0.1, -0.05) is 23.2 Å². The number of halogens is 2. The summed E-state index contributed by atoms with van der Waals surface area (Å²) in [4.78, 5) is 10.3. The molecule has 0 aliphatic rings. The summed E-state index contributed by atoms with van der Waals surface area (Å²) in [5.74, 6) is 0.0126. The standard InChI is InChI=1S/C11H10Cl2N4O2/c1-6-10(17(18)19)11(14)16(15-6)5-7-2-8(12)4-9(13)3-7/h2-4H,5,14H2,1H3. The minimum absolute atomic E-state index is 0.0126. The van der Waals surface area contributed by atoms with Gasteiger partial charge in [-0.05, 0) is 30.7 Å². The SMILES string of the molecule is Cc1nn(Cc2cc(Cl)cc(Cl)c2)c(N)c1[N+](=O)[O-]. The van der Waals surface area contributed by atoms with E-state index in [1.54, 1.807) is 18.2 Å². The Morgan fingerprint density at radius 2 is 1.95 bits per heavy atom. The number of nitro groups is 1. The van der Waals surface area contributed by atoms with Crippen molar-refractivity contribution < 1.29 is 4.92 Å². The van der Waals surface area contributed by atoms with E-state index in [-0.39, 0.29) is 23.7 Å². The molecule has 2 rings (SSSR count). The lowest BCUT2D eigenvalue weighted by Crippen LogP contribution is -2.06. The smallest absolute Gasteiger partial charge is 0.333 e. The fraction of sp³-hybridized carbons (Fsp3) is 0.182. The Morgan fingerprint density at radius 3 is 2.42 bits per heavy atom. The molecule has 100 valence electrons. The van der Waals surface area contributed by atoms with Crippen molar-refractivity contribution in [1.29, 1.82) is 0 Å². The molecule has 0 aliphatic carbocycles. The van der Waals surface area contributed by atoms with Gasteiger partial charge >= 0.3 is 5.69 Å². The van der Waals surface area contributed by atoms with Gasteiger partial charge in [0.05, 0.1) is 11.5 Å². The van der Waals surface area contributed by atoms with E-state index in [1.165, 1.54) is 11.6 Å². The molecule has 2 aromatic rings. The quantitative estimate of drug-likeness (QED) is 0.697. The first kappa shape index (κ1) is 13.6. The van der Waals surface area contributed by atoms with Crippen molar-refractivity contribution in [3.63, 3.8) is 0 Å². The van der Waals surface area contributed by atoms with E-state index >= 15 is 0 Å². The van der Waals surface area contributed by atoms with Crippen LogP contribution in [-0.4, -0.2) is 14.7 Å². The summed E-state index contributed by atoms with van der Waals surface area (Å²) in [7, 11) is 0. The predicted octanol–water partition coefficient (Wildman–Crippen LogP) is 3.04. The predicted molar refractivity (Wildman–Crippen MR) is 73.6 cm³/mol. The summed E-state index contributed by atoms with van der Waals surface area (Å²) >= 11 is 11.8. The number of nitrogen functional groups attached to an aromatic ring is 1. The van der Waals surface area contributed by atoms with Crippen LogP contribution in [0.1, 0.15) is 11.3 Å². The molecule has 6 nitrogen and oxygen atoms in total. The number of hydrogen-bond donors (Lipinski definition) is 1. The molecular weight excluding hydrogens is 291 g/mol. The molecule has 2 N–H and O–H groups in total. The van der Waals surface area contributed by atoms with Gasteiger partial charge in [0.15, 0.2) is 0 Å². The fourth-order valence-corrected chi connectivity index (χ4v) is 2.38. The molecule has 0 aliphatic heterocycles. The highest BCUT2D eigenvalue weighted by atomic mass is 35.5. The lowest BCUT2D eigenvalue weighted by molar-refractivity contribution is -0.384. The van der Waals surface area contributed by atoms with Crippen LogP contribution in [0.3, 0.4) is 0 Å². The molecule has 0 unspecified atom stereocenters. The maximum atomic E-state index is 10.8. The van der Waals surface area contributed by atoms with Gasteiger partial charge in [0.1, 0.15) is 5.69 Å². The molecule has 0 fully saturated rings. The molecule has 1 aromatic carbocycles. The van der Waals surface area contributed by atoms with Gasteiger partial charge in [-0.15, -0.1) is 0 Å². The lowest BCUT2D eigenvalue weighted by atomic mass is 10.2. The second-order valence-corrected chi connectivity index (χ2v) is 4.88. The van der Waals surface area contributed by atoms with E-state index in [4.69, 9.17) is 28.9 Å². The zero-order valence-corrected chi connectivity index (χ0v) is 11.4. The maximum absolute atomic E-state index is 10.8. The summed E-state index contributed by atoms with van der Waals surface area (Å²) in [6.07, 6.45) is 0. The van der Waals surface area contributed by atoms with Crippen molar-refractivity contribution in [1.82, 2.24) is 9.78 Å². The minimum atomic E-state index is -0.543. The molecule has 0 amide bonds. The van der Waals surface area contributed by atoms with Crippen LogP contribution in [0.15, 0.2) is 18.2 Å². The molecule has 19 heavy (non-hydrogen) atoms. The van der Waals surface area contributed by atoms with Crippen LogP contribution in [0.25, 0.3) is 0 Å². The maximum Gasteiger partial charge on any atom is 0.333 e. The second kappa shape index (κ2) is 5.07. The number of rotatable bonds is 3. The zero-order chi connectivity index (χ0) is 14.2. The zero-order valence-electron chi connectivity index (χ0n) is 9.93. The Morgan fingerprint density at radius 1 is 1.37 bits per heavy atom. The molecule has 0 spiro atoms. The van der Waals surface area contributed by atoms with Crippen LogP contribution in [-0.2, 0) is 6.54 Å². The van der Waals surface area contributed by atoms with Gasteiger partial charge in [0.2, 0.25) is 5.82 Å². The van der Waals surface area contributed by atoms with Crippen LogP contribution in [0.4, 0.5) is 11.5 Å². The normalized spacial score (nSPS) is 10.7. The van der Waals surface area contributed by atoms with Crippen molar-refractivity contribution in [2.75, 3.05) is 5.73 Å². The van der Waals surface area contributed by atoms with Crippen molar-refractivity contribution >= 4 is 34.7 Å². The van der Waals surface area contributed by atoms with E-state index in [2.05, 4.69) is 5.10 Å². The van der Waals surface area contributed by atoms with Crippen molar-refractivity contribution in [2.24, 2.45) is 0 Å². The van der Waals surface area contributed by atoms with Gasteiger partial charge in [0.25, 0.3) is 0 Å². The van der Waals surface area contributed by atoms with Gasteiger partial charge < -0.3 is 5.73 Å². The monoisotopic (exact) mass is 300 g/mol. The molecule has 1 aromatic heterocycles. The van der Waals surface area contributed by atoms with Gasteiger partial charge in [0, 0.05) is 10.0 Å². The van der Waals surface area contributed by atoms with E-state index in [0.717, 1.165) is 5.56 Å². The Kier molecular flexibility index (Phi) is 3.64. The Balaban J connectivity index is 2.39. The summed E-state index contributed by atoms with van der Waals surface area (Å²) in [5, 5.41) is 15.9. The number of nitrogens with two attached hydrogens (primary N) is 1. The largest absolute Gasteiger partial charge is 0.378 e. The average Bonchev–Trinajstić information content (AvgIpc) is 2.52. The molecule has 8 heteroatoms. The van der Waals surface area contributed by atoms with Gasteiger partial charge in [-0.3, -0.25) is 10.1 Å². The third kappa shape index (κ3) is 2.80. The summed E-state index contributed by atoms with van der Waals surface area (Å²) < 4.78 is 1.36. The molecule has 1 heterocycles. The third-order valence-corrected chi connectivity index (χ3v) is 3.01. The van der Waals surface area contributed by atoms with Gasteiger partial charge in [-0.2, -0.15) is 5.10 Å². The third-order valence-electron chi connectivity index (χ3n) is 2.57. The number of aromatic nitrogens is 2. The van der Waals surface area contributed by atoms with Crippen LogP contribution in [0, 0.1) is 17.0 Å².